The van der Waals surface area contributed by atoms with E-state index < -0.39 is 61.5 Å². The van der Waals surface area contributed by atoms with Gasteiger partial charge in [-0.1, -0.05) is 12.1 Å². The number of fused-ring (bicyclic) bond motifs is 1. The number of ketones is 1. The Hall–Kier alpha value is -2.05. The fraction of sp³-hybridized carbons (Fsp3) is 0.571. The highest BCUT2D eigenvalue weighted by Gasteiger charge is 2.49. The van der Waals surface area contributed by atoms with Crippen LogP contribution >= 0.6 is 0 Å². The van der Waals surface area contributed by atoms with Gasteiger partial charge in [-0.3, -0.25) is 4.79 Å². The smallest absolute Gasteiger partial charge is 0.186 e. The van der Waals surface area contributed by atoms with Crippen molar-refractivity contribution in [1.29, 1.82) is 0 Å². The Labute approximate surface area is 177 Å². The quantitative estimate of drug-likeness (QED) is 0.331. The van der Waals surface area contributed by atoms with Crippen molar-refractivity contribution in [3.05, 3.63) is 36.1 Å². The molecule has 170 valence electrons. The third kappa shape index (κ3) is 4.20. The second kappa shape index (κ2) is 8.83. The molecule has 2 heterocycles. The Morgan fingerprint density at radius 2 is 1.71 bits per heavy atom. The van der Waals surface area contributed by atoms with E-state index in [-0.39, 0.29) is 24.4 Å². The van der Waals surface area contributed by atoms with Gasteiger partial charge in [0.05, 0.1) is 36.6 Å². The number of benzene rings is 1. The maximum absolute atomic E-state index is 13.0. The van der Waals surface area contributed by atoms with Gasteiger partial charge in [-0.05, 0) is 17.7 Å². The third-order valence-electron chi connectivity index (χ3n) is 6.10. The van der Waals surface area contributed by atoms with Crippen molar-refractivity contribution in [1.82, 2.24) is 0 Å². The van der Waals surface area contributed by atoms with Crippen molar-refractivity contribution < 1.29 is 49.6 Å². The van der Waals surface area contributed by atoms with Gasteiger partial charge in [0.1, 0.15) is 36.3 Å². The first-order valence-corrected chi connectivity index (χ1v) is 10.1. The monoisotopic (exact) mass is 438 g/mol. The molecule has 1 aliphatic carbocycles. The molecule has 4 rings (SSSR count). The van der Waals surface area contributed by atoms with Crippen LogP contribution in [-0.4, -0.2) is 92.0 Å². The molecule has 0 spiro atoms. The fourth-order valence-corrected chi connectivity index (χ4v) is 4.37. The van der Waals surface area contributed by atoms with Gasteiger partial charge in [-0.2, -0.15) is 0 Å². The number of phenolic OH excluding ortho intramolecular Hbond substituents is 1. The molecular weight excluding hydrogens is 412 g/mol. The zero-order valence-electron chi connectivity index (χ0n) is 16.5. The highest BCUT2D eigenvalue weighted by molar-refractivity contribution is 6.22. The number of allylic oxidation sites excluding steroid dienone is 1. The lowest BCUT2D eigenvalue weighted by Gasteiger charge is -2.44. The van der Waals surface area contributed by atoms with E-state index in [1.54, 1.807) is 12.1 Å². The molecular formula is C21H26O10. The molecule has 1 saturated heterocycles. The average molecular weight is 438 g/mol. The summed E-state index contributed by atoms with van der Waals surface area (Å²) in [5.74, 6) is -1.01. The lowest BCUT2D eigenvalue weighted by atomic mass is 9.76. The summed E-state index contributed by atoms with van der Waals surface area (Å²) >= 11 is 0. The number of Topliss-reactive ketones (excluding diaryl/α,β-unsaturated/α-hetero) is 1. The minimum Gasteiger partial charge on any atom is -0.508 e. The fourth-order valence-electron chi connectivity index (χ4n) is 4.37. The maximum Gasteiger partial charge on any atom is 0.186 e. The number of rotatable bonds is 4. The number of aliphatic hydroxyl groups is 5. The molecule has 0 aromatic heterocycles. The third-order valence-corrected chi connectivity index (χ3v) is 6.10. The van der Waals surface area contributed by atoms with E-state index in [2.05, 4.69) is 0 Å². The van der Waals surface area contributed by atoms with E-state index in [4.69, 9.17) is 14.2 Å². The summed E-state index contributed by atoms with van der Waals surface area (Å²) in [6.07, 6.45) is -7.83. The van der Waals surface area contributed by atoms with Crippen molar-refractivity contribution in [3.8, 4) is 5.75 Å². The highest BCUT2D eigenvalue weighted by Crippen LogP contribution is 2.38. The van der Waals surface area contributed by atoms with Crippen LogP contribution in [0.4, 0.5) is 0 Å². The zero-order valence-corrected chi connectivity index (χ0v) is 16.5. The Balaban J connectivity index is 1.46. The Morgan fingerprint density at radius 3 is 2.39 bits per heavy atom. The molecule has 0 amide bonds. The van der Waals surface area contributed by atoms with E-state index in [9.17, 15) is 35.4 Å². The van der Waals surface area contributed by atoms with Crippen LogP contribution in [0.15, 0.2) is 30.5 Å². The second-order valence-electron chi connectivity index (χ2n) is 8.14. The number of aliphatic hydroxyl groups excluding tert-OH is 5. The molecule has 6 N–H and O–H groups in total. The van der Waals surface area contributed by atoms with Gasteiger partial charge in [0.25, 0.3) is 0 Å². The van der Waals surface area contributed by atoms with E-state index in [0.29, 0.717) is 11.1 Å². The summed E-state index contributed by atoms with van der Waals surface area (Å²) in [4.78, 5) is 13.0. The van der Waals surface area contributed by atoms with Crippen molar-refractivity contribution in [3.63, 3.8) is 0 Å². The van der Waals surface area contributed by atoms with Crippen molar-refractivity contribution in [2.45, 2.75) is 61.9 Å². The largest absolute Gasteiger partial charge is 0.508 e. The molecule has 1 aromatic rings. The van der Waals surface area contributed by atoms with Gasteiger partial charge in [-0.15, -0.1) is 0 Å². The molecule has 6 unspecified atom stereocenters. The molecule has 1 saturated carbocycles. The number of hydrogen-bond acceptors (Lipinski definition) is 10. The zero-order chi connectivity index (χ0) is 22.3. The highest BCUT2D eigenvalue weighted by atomic mass is 16.7. The van der Waals surface area contributed by atoms with Gasteiger partial charge < -0.3 is 44.8 Å². The van der Waals surface area contributed by atoms with Crippen LogP contribution in [0.3, 0.4) is 0 Å². The number of hydrogen-bond donors (Lipinski definition) is 6. The first-order chi connectivity index (χ1) is 14.8. The van der Waals surface area contributed by atoms with Gasteiger partial charge in [0.15, 0.2) is 12.1 Å². The summed E-state index contributed by atoms with van der Waals surface area (Å²) < 4.78 is 16.8. The van der Waals surface area contributed by atoms with Crippen LogP contribution in [0.5, 0.6) is 5.75 Å². The number of aromatic hydroxyl groups is 1. The molecule has 1 aromatic carbocycles. The molecule has 10 nitrogen and oxygen atoms in total. The van der Waals surface area contributed by atoms with Crippen molar-refractivity contribution >= 4 is 11.4 Å². The summed E-state index contributed by atoms with van der Waals surface area (Å²) in [7, 11) is 0. The van der Waals surface area contributed by atoms with Crippen molar-refractivity contribution in [2.75, 3.05) is 6.61 Å². The standard InChI is InChI=1S/C21H26O10/c22-7-15-18(26)19(27)20(28)21(31-15)30-11-5-13(24)16-14(6-11)29-8-12(17(16)25)9-1-3-10(23)4-2-9/h1-4,8,11,13-16,18-24,26-28H,5-7H2/t11?,13?,14?,15?,16?,18-,19-,20?,21-/m1/s1. The van der Waals surface area contributed by atoms with Crippen molar-refractivity contribution in [2.24, 2.45) is 5.92 Å². The summed E-state index contributed by atoms with van der Waals surface area (Å²) in [6.45, 7) is -0.578. The maximum atomic E-state index is 13.0. The van der Waals surface area contributed by atoms with Crippen LogP contribution < -0.4 is 0 Å². The molecule has 2 fully saturated rings. The molecule has 9 atom stereocenters. The molecule has 31 heavy (non-hydrogen) atoms. The SMILES string of the molecule is O=C1C(c2ccc(O)cc2)=COC2CC(O[C@@H]3OC(CO)[C@@H](O)[C@@H](O)C3O)CC(O)C12. The lowest BCUT2D eigenvalue weighted by molar-refractivity contribution is -0.316. The van der Waals surface area contributed by atoms with E-state index >= 15 is 0 Å². The number of ether oxygens (including phenoxy) is 3. The van der Waals surface area contributed by atoms with Crippen LogP contribution in [0, 0.1) is 5.92 Å². The molecule has 2 aliphatic heterocycles. The first kappa shape index (κ1) is 22.2. The second-order valence-corrected chi connectivity index (χ2v) is 8.14. The van der Waals surface area contributed by atoms with Crippen LogP contribution in [0.1, 0.15) is 18.4 Å². The predicted octanol–water partition coefficient (Wildman–Crippen LogP) is -1.34. The van der Waals surface area contributed by atoms with Gasteiger partial charge in [0, 0.05) is 12.8 Å². The van der Waals surface area contributed by atoms with E-state index in [0.717, 1.165) is 0 Å². The van der Waals surface area contributed by atoms with Crippen LogP contribution in [-0.2, 0) is 19.0 Å². The topological polar surface area (TPSA) is 166 Å². The predicted molar refractivity (Wildman–Crippen MR) is 103 cm³/mol. The molecule has 0 bridgehead atoms. The van der Waals surface area contributed by atoms with E-state index in [1.807, 2.05) is 0 Å². The van der Waals surface area contributed by atoms with Crippen LogP contribution in [0.2, 0.25) is 0 Å². The van der Waals surface area contributed by atoms with E-state index in [1.165, 1.54) is 18.4 Å². The summed E-state index contributed by atoms with van der Waals surface area (Å²) in [5, 5.41) is 59.3. The molecule has 3 aliphatic rings. The summed E-state index contributed by atoms with van der Waals surface area (Å²) in [5.41, 5.74) is 0.863. The Bertz CT molecular complexity index is 822. The summed E-state index contributed by atoms with van der Waals surface area (Å²) in [6, 6.07) is 6.08. The molecule has 0 radical (unpaired) electrons. The number of phenols is 1. The molecule has 10 heteroatoms. The van der Waals surface area contributed by atoms with Gasteiger partial charge in [0.2, 0.25) is 0 Å². The minimum atomic E-state index is -1.57. The van der Waals surface area contributed by atoms with Crippen LogP contribution in [0.25, 0.3) is 5.57 Å². The normalized spacial score (nSPS) is 40.6. The first-order valence-electron chi connectivity index (χ1n) is 10.1. The average Bonchev–Trinajstić information content (AvgIpc) is 2.75. The van der Waals surface area contributed by atoms with Gasteiger partial charge >= 0.3 is 0 Å². The Kier molecular flexibility index (Phi) is 6.31. The van der Waals surface area contributed by atoms with Gasteiger partial charge in [-0.25, -0.2) is 0 Å². The minimum absolute atomic E-state index is 0.0636. The number of carbonyl (C=O) groups is 1. The Morgan fingerprint density at radius 1 is 1.00 bits per heavy atom. The number of carbonyl (C=O) groups excluding carboxylic acids is 1. The lowest BCUT2D eigenvalue weighted by Crippen LogP contribution is -2.60.